The molecule has 108 valence electrons. The van der Waals surface area contributed by atoms with Crippen LogP contribution in [-0.4, -0.2) is 23.8 Å². The minimum Gasteiger partial charge on any atom is -0.293 e. The predicted molar refractivity (Wildman–Crippen MR) is 78.6 cm³/mol. The van der Waals surface area contributed by atoms with Crippen LogP contribution in [0.4, 0.5) is 0 Å². The summed E-state index contributed by atoms with van der Waals surface area (Å²) in [6.45, 7) is 6.82. The van der Waals surface area contributed by atoms with Crippen molar-refractivity contribution in [2.75, 3.05) is 7.05 Å². The van der Waals surface area contributed by atoms with Crippen molar-refractivity contribution in [3.05, 3.63) is 11.6 Å². The van der Waals surface area contributed by atoms with Crippen LogP contribution < -0.4 is 0 Å². The average molecular weight is 263 g/mol. The SMILES string of the molecule is CC1=CC[C@H](C2CCC3C(C2)N(C)OC3(C)C)CC1. The van der Waals surface area contributed by atoms with E-state index in [1.807, 2.05) is 0 Å². The van der Waals surface area contributed by atoms with Gasteiger partial charge in [-0.3, -0.25) is 4.84 Å². The third-order valence-electron chi connectivity index (χ3n) is 5.94. The molecule has 1 saturated heterocycles. The Bertz CT molecular complexity index is 373. The van der Waals surface area contributed by atoms with E-state index in [9.17, 15) is 0 Å². The molecule has 1 heterocycles. The summed E-state index contributed by atoms with van der Waals surface area (Å²) < 4.78 is 0. The Morgan fingerprint density at radius 3 is 2.68 bits per heavy atom. The summed E-state index contributed by atoms with van der Waals surface area (Å²) >= 11 is 0. The van der Waals surface area contributed by atoms with E-state index in [0.717, 1.165) is 17.8 Å². The molecule has 3 rings (SSSR count). The van der Waals surface area contributed by atoms with Gasteiger partial charge in [0.15, 0.2) is 0 Å². The van der Waals surface area contributed by atoms with Crippen LogP contribution in [0.5, 0.6) is 0 Å². The van der Waals surface area contributed by atoms with Crippen LogP contribution in [0.25, 0.3) is 0 Å². The van der Waals surface area contributed by atoms with Crippen molar-refractivity contribution in [3.63, 3.8) is 0 Å². The molecule has 3 unspecified atom stereocenters. The van der Waals surface area contributed by atoms with E-state index < -0.39 is 0 Å². The average Bonchev–Trinajstić information content (AvgIpc) is 2.60. The van der Waals surface area contributed by atoms with Gasteiger partial charge < -0.3 is 0 Å². The highest BCUT2D eigenvalue weighted by Crippen LogP contribution is 2.48. The van der Waals surface area contributed by atoms with Crippen LogP contribution in [0.2, 0.25) is 0 Å². The first-order valence-electron chi connectivity index (χ1n) is 8.05. The molecule has 0 radical (unpaired) electrons. The normalized spacial score (nSPS) is 42.8. The molecule has 0 N–H and O–H groups in total. The second-order valence-electron chi connectivity index (χ2n) is 7.57. The minimum absolute atomic E-state index is 0.0491. The molecule has 2 heteroatoms. The Morgan fingerprint density at radius 2 is 2.00 bits per heavy atom. The first kappa shape index (κ1) is 13.6. The maximum absolute atomic E-state index is 6.07. The van der Waals surface area contributed by atoms with Gasteiger partial charge in [-0.2, -0.15) is 5.06 Å². The van der Waals surface area contributed by atoms with Gasteiger partial charge >= 0.3 is 0 Å². The van der Waals surface area contributed by atoms with E-state index in [1.165, 1.54) is 38.5 Å². The number of fused-ring (bicyclic) bond motifs is 1. The molecule has 2 aliphatic carbocycles. The Hall–Kier alpha value is -0.340. The van der Waals surface area contributed by atoms with Crippen molar-refractivity contribution in [1.29, 1.82) is 0 Å². The molecule has 1 saturated carbocycles. The zero-order valence-corrected chi connectivity index (χ0v) is 13.0. The van der Waals surface area contributed by atoms with E-state index in [1.54, 1.807) is 5.57 Å². The monoisotopic (exact) mass is 263 g/mol. The summed E-state index contributed by atoms with van der Waals surface area (Å²) in [7, 11) is 2.14. The van der Waals surface area contributed by atoms with Gasteiger partial charge in [0.2, 0.25) is 0 Å². The number of hydrogen-bond donors (Lipinski definition) is 0. The lowest BCUT2D eigenvalue weighted by Crippen LogP contribution is -2.40. The molecule has 3 aliphatic rings. The fraction of sp³-hybridized carbons (Fsp3) is 0.882. The number of allylic oxidation sites excluding steroid dienone is 2. The Labute approximate surface area is 118 Å². The Kier molecular flexibility index (Phi) is 3.51. The van der Waals surface area contributed by atoms with Crippen molar-refractivity contribution in [2.45, 2.75) is 70.9 Å². The number of nitrogens with zero attached hydrogens (tertiary/aromatic N) is 1. The highest BCUT2D eigenvalue weighted by molar-refractivity contribution is 5.05. The van der Waals surface area contributed by atoms with Gasteiger partial charge in [-0.15, -0.1) is 0 Å². The Morgan fingerprint density at radius 1 is 1.21 bits per heavy atom. The molecule has 0 amide bonds. The van der Waals surface area contributed by atoms with Gasteiger partial charge in [0.1, 0.15) is 0 Å². The van der Waals surface area contributed by atoms with E-state index in [-0.39, 0.29) is 5.60 Å². The fourth-order valence-corrected chi connectivity index (χ4v) is 4.74. The third kappa shape index (κ3) is 2.50. The molecule has 0 aromatic rings. The number of hydroxylamine groups is 2. The summed E-state index contributed by atoms with van der Waals surface area (Å²) in [6.07, 6.45) is 10.7. The zero-order chi connectivity index (χ0) is 13.6. The summed E-state index contributed by atoms with van der Waals surface area (Å²) in [5, 5.41) is 2.17. The molecule has 1 aliphatic heterocycles. The highest BCUT2D eigenvalue weighted by atomic mass is 16.7. The molecule has 4 atom stereocenters. The zero-order valence-electron chi connectivity index (χ0n) is 13.0. The standard InChI is InChI=1S/C17H29NO/c1-12-5-7-13(8-6-12)14-9-10-15-16(11-14)18(4)19-17(15,2)3/h5,13-16H,6-11H2,1-4H3/t13-,14?,15?,16?/m0/s1. The smallest absolute Gasteiger partial charge is 0.0887 e. The highest BCUT2D eigenvalue weighted by Gasteiger charge is 2.50. The van der Waals surface area contributed by atoms with Crippen LogP contribution in [0.3, 0.4) is 0 Å². The van der Waals surface area contributed by atoms with Crippen LogP contribution in [-0.2, 0) is 4.84 Å². The van der Waals surface area contributed by atoms with Crippen molar-refractivity contribution in [3.8, 4) is 0 Å². The number of hydrogen-bond acceptors (Lipinski definition) is 2. The molecule has 2 fully saturated rings. The summed E-state index contributed by atoms with van der Waals surface area (Å²) in [5.74, 6) is 2.59. The molecule has 0 aromatic heterocycles. The molecule has 0 spiro atoms. The summed E-state index contributed by atoms with van der Waals surface area (Å²) in [6, 6.07) is 0.653. The minimum atomic E-state index is 0.0491. The largest absolute Gasteiger partial charge is 0.293 e. The lowest BCUT2D eigenvalue weighted by atomic mass is 9.67. The van der Waals surface area contributed by atoms with Crippen LogP contribution in [0.15, 0.2) is 11.6 Å². The molecule has 19 heavy (non-hydrogen) atoms. The van der Waals surface area contributed by atoms with Crippen molar-refractivity contribution >= 4 is 0 Å². The Balaban J connectivity index is 1.67. The topological polar surface area (TPSA) is 12.5 Å². The first-order valence-corrected chi connectivity index (χ1v) is 8.05. The van der Waals surface area contributed by atoms with Gasteiger partial charge in [0, 0.05) is 19.0 Å². The van der Waals surface area contributed by atoms with E-state index in [0.29, 0.717) is 6.04 Å². The van der Waals surface area contributed by atoms with E-state index in [4.69, 9.17) is 4.84 Å². The van der Waals surface area contributed by atoms with Crippen LogP contribution in [0, 0.1) is 17.8 Å². The van der Waals surface area contributed by atoms with Gasteiger partial charge in [-0.1, -0.05) is 11.6 Å². The van der Waals surface area contributed by atoms with Gasteiger partial charge in [-0.05, 0) is 71.1 Å². The first-order chi connectivity index (χ1) is 8.97. The fourth-order valence-electron chi connectivity index (χ4n) is 4.74. The maximum atomic E-state index is 6.07. The second-order valence-corrected chi connectivity index (χ2v) is 7.57. The summed E-state index contributed by atoms with van der Waals surface area (Å²) in [4.78, 5) is 6.07. The molecule has 0 bridgehead atoms. The third-order valence-corrected chi connectivity index (χ3v) is 5.94. The molecule has 2 nitrogen and oxygen atoms in total. The van der Waals surface area contributed by atoms with E-state index in [2.05, 4.69) is 39.0 Å². The lowest BCUT2D eigenvalue weighted by molar-refractivity contribution is -0.179. The van der Waals surface area contributed by atoms with Gasteiger partial charge in [0.05, 0.1) is 5.60 Å². The summed E-state index contributed by atoms with van der Waals surface area (Å²) in [5.41, 5.74) is 1.65. The van der Waals surface area contributed by atoms with Gasteiger partial charge in [0.25, 0.3) is 0 Å². The van der Waals surface area contributed by atoms with Crippen molar-refractivity contribution < 1.29 is 4.84 Å². The molecular formula is C17H29NO. The van der Waals surface area contributed by atoms with Crippen LogP contribution >= 0.6 is 0 Å². The second kappa shape index (κ2) is 4.89. The quantitative estimate of drug-likeness (QED) is 0.658. The van der Waals surface area contributed by atoms with Crippen molar-refractivity contribution in [2.24, 2.45) is 17.8 Å². The maximum Gasteiger partial charge on any atom is 0.0887 e. The van der Waals surface area contributed by atoms with Crippen molar-refractivity contribution in [1.82, 2.24) is 5.06 Å². The van der Waals surface area contributed by atoms with Crippen LogP contribution in [0.1, 0.15) is 59.3 Å². The number of rotatable bonds is 1. The van der Waals surface area contributed by atoms with E-state index >= 15 is 0 Å². The van der Waals surface area contributed by atoms with Gasteiger partial charge in [-0.25, -0.2) is 0 Å². The molecule has 0 aromatic carbocycles. The lowest BCUT2D eigenvalue weighted by Gasteiger charge is -2.39. The molecular weight excluding hydrogens is 234 g/mol. The predicted octanol–water partition coefficient (Wildman–Crippen LogP) is 4.17.